The number of hydrogen-bond acceptors (Lipinski definition) is 4. The Labute approximate surface area is 155 Å². The Morgan fingerprint density at radius 3 is 2.93 bits per heavy atom. The number of aromatic amines is 1. The van der Waals surface area contributed by atoms with Gasteiger partial charge in [0.15, 0.2) is 17.5 Å². The second kappa shape index (κ2) is 7.46. The number of aliphatic imine (C=N–C) groups is 1. The number of benzene rings is 1. The number of amides is 1. The van der Waals surface area contributed by atoms with E-state index in [1.165, 1.54) is 36.2 Å². The van der Waals surface area contributed by atoms with Crippen molar-refractivity contribution in [2.75, 3.05) is 18.0 Å². The average molecular weight is 373 g/mol. The number of carbonyl (C=O) groups excluding carboxylic acids is 1. The molecule has 6 nitrogen and oxygen atoms in total. The topological polar surface area (TPSA) is 73.4 Å². The van der Waals surface area contributed by atoms with Crippen molar-refractivity contribution in [1.29, 1.82) is 0 Å². The van der Waals surface area contributed by atoms with E-state index in [1.54, 1.807) is 6.20 Å². The monoisotopic (exact) mass is 373 g/mol. The molecule has 0 spiro atoms. The van der Waals surface area contributed by atoms with Crippen LogP contribution in [-0.4, -0.2) is 35.3 Å². The molecule has 142 valence electrons. The molecule has 1 aromatic heterocycles. The second-order valence-electron chi connectivity index (χ2n) is 7.01. The Morgan fingerprint density at radius 2 is 2.11 bits per heavy atom. The third-order valence-corrected chi connectivity index (χ3v) is 5.21. The summed E-state index contributed by atoms with van der Waals surface area (Å²) in [5.74, 6) is -1.34. The van der Waals surface area contributed by atoms with Gasteiger partial charge in [-0.25, -0.2) is 13.8 Å². The van der Waals surface area contributed by atoms with Gasteiger partial charge in [0.1, 0.15) is 0 Å². The number of H-pyrrole nitrogens is 1. The molecule has 1 aliphatic carbocycles. The lowest BCUT2D eigenvalue weighted by atomic mass is 10.1. The van der Waals surface area contributed by atoms with Gasteiger partial charge in [-0.05, 0) is 30.9 Å². The minimum absolute atomic E-state index is 0.0940. The van der Waals surface area contributed by atoms with Crippen molar-refractivity contribution in [1.82, 2.24) is 15.3 Å². The van der Waals surface area contributed by atoms with Crippen LogP contribution in [0.25, 0.3) is 0 Å². The smallest absolute Gasteiger partial charge is 0.287 e. The van der Waals surface area contributed by atoms with Crippen molar-refractivity contribution in [3.63, 3.8) is 0 Å². The summed E-state index contributed by atoms with van der Waals surface area (Å²) in [6.07, 6.45) is 7.83. The van der Waals surface area contributed by atoms with Gasteiger partial charge in [-0.15, -0.1) is 0 Å². The fourth-order valence-electron chi connectivity index (χ4n) is 3.72. The van der Waals surface area contributed by atoms with E-state index in [9.17, 15) is 13.6 Å². The molecule has 8 heteroatoms. The highest BCUT2D eigenvalue weighted by molar-refractivity contribution is 5.90. The summed E-state index contributed by atoms with van der Waals surface area (Å²) in [5, 5.41) is 2.92. The number of carbonyl (C=O) groups is 1. The van der Waals surface area contributed by atoms with Gasteiger partial charge in [-0.3, -0.25) is 9.79 Å². The van der Waals surface area contributed by atoms with Crippen molar-refractivity contribution in [2.24, 2.45) is 10.9 Å². The summed E-state index contributed by atoms with van der Waals surface area (Å²) in [7, 11) is 0. The lowest BCUT2D eigenvalue weighted by molar-refractivity contribution is 0.0937. The molecule has 27 heavy (non-hydrogen) atoms. The van der Waals surface area contributed by atoms with Crippen molar-refractivity contribution >= 4 is 17.9 Å². The molecule has 1 fully saturated rings. The van der Waals surface area contributed by atoms with Crippen LogP contribution in [0.3, 0.4) is 0 Å². The van der Waals surface area contributed by atoms with Crippen molar-refractivity contribution in [3.8, 4) is 0 Å². The van der Waals surface area contributed by atoms with E-state index < -0.39 is 17.7 Å². The first-order valence-electron chi connectivity index (χ1n) is 9.19. The summed E-state index contributed by atoms with van der Waals surface area (Å²) in [5.41, 5.74) is 0.652. The van der Waals surface area contributed by atoms with Crippen LogP contribution >= 0.6 is 0 Å². The van der Waals surface area contributed by atoms with Gasteiger partial charge >= 0.3 is 0 Å². The van der Waals surface area contributed by atoms with E-state index in [-0.39, 0.29) is 17.4 Å². The number of rotatable bonds is 5. The van der Waals surface area contributed by atoms with Gasteiger partial charge in [0.2, 0.25) is 0 Å². The van der Waals surface area contributed by atoms with Crippen LogP contribution in [0.5, 0.6) is 0 Å². The molecule has 1 saturated carbocycles. The summed E-state index contributed by atoms with van der Waals surface area (Å²) in [4.78, 5) is 25.3. The average Bonchev–Trinajstić information content (AvgIpc) is 3.42. The van der Waals surface area contributed by atoms with Crippen LogP contribution in [-0.2, 0) is 0 Å². The van der Waals surface area contributed by atoms with E-state index in [4.69, 9.17) is 0 Å². The molecule has 1 atom stereocenters. The van der Waals surface area contributed by atoms with E-state index >= 15 is 0 Å². The van der Waals surface area contributed by atoms with Crippen molar-refractivity contribution in [3.05, 3.63) is 47.5 Å². The maximum Gasteiger partial charge on any atom is 0.287 e. The predicted molar refractivity (Wildman–Crippen MR) is 97.8 cm³/mol. The normalized spacial score (nSPS) is 19.8. The lowest BCUT2D eigenvalue weighted by Gasteiger charge is -2.23. The molecule has 2 N–H and O–H groups in total. The molecule has 1 amide bonds. The number of nitrogens with zero attached hydrogens (tertiary/aromatic N) is 3. The molecule has 2 heterocycles. The summed E-state index contributed by atoms with van der Waals surface area (Å²) in [6.45, 7) is 1.01. The van der Waals surface area contributed by atoms with E-state index in [2.05, 4.69) is 20.3 Å². The highest BCUT2D eigenvalue weighted by atomic mass is 19.2. The minimum atomic E-state index is -0.930. The predicted octanol–water partition coefficient (Wildman–Crippen LogP) is 3.20. The van der Waals surface area contributed by atoms with E-state index in [0.29, 0.717) is 24.7 Å². The molecule has 0 bridgehead atoms. The SMILES string of the molecule is O=C(NCC1CCCC1)c1nc(C2CN=CN2c2cccc(F)c2F)c[nH]1. The zero-order valence-corrected chi connectivity index (χ0v) is 14.8. The minimum Gasteiger partial charge on any atom is -0.349 e. The fraction of sp³-hybridized carbons (Fsp3) is 0.421. The number of aromatic nitrogens is 2. The van der Waals surface area contributed by atoms with Crippen LogP contribution in [0, 0.1) is 17.6 Å². The van der Waals surface area contributed by atoms with Gasteiger partial charge in [-0.2, -0.15) is 0 Å². The largest absolute Gasteiger partial charge is 0.349 e. The van der Waals surface area contributed by atoms with E-state index in [1.807, 2.05) is 0 Å². The highest BCUT2D eigenvalue weighted by Gasteiger charge is 2.29. The van der Waals surface area contributed by atoms with Gasteiger partial charge in [0, 0.05) is 12.7 Å². The van der Waals surface area contributed by atoms with E-state index in [0.717, 1.165) is 18.9 Å². The molecule has 4 rings (SSSR count). The number of nitrogens with one attached hydrogen (secondary N) is 2. The van der Waals surface area contributed by atoms with Crippen LogP contribution < -0.4 is 10.2 Å². The molecule has 2 aromatic rings. The number of imidazole rings is 1. The van der Waals surface area contributed by atoms with Crippen LogP contribution in [0.1, 0.15) is 48.0 Å². The Hall–Kier alpha value is -2.77. The van der Waals surface area contributed by atoms with Crippen molar-refractivity contribution in [2.45, 2.75) is 31.7 Å². The van der Waals surface area contributed by atoms with Crippen LogP contribution in [0.15, 0.2) is 29.4 Å². The Morgan fingerprint density at radius 1 is 1.30 bits per heavy atom. The first kappa shape index (κ1) is 17.6. The van der Waals surface area contributed by atoms with Crippen LogP contribution in [0.2, 0.25) is 0 Å². The Bertz CT molecular complexity index is 860. The third-order valence-electron chi connectivity index (χ3n) is 5.21. The molecule has 1 aliphatic heterocycles. The van der Waals surface area contributed by atoms with Gasteiger partial charge in [0.05, 0.1) is 30.3 Å². The van der Waals surface area contributed by atoms with Gasteiger partial charge in [-0.1, -0.05) is 18.9 Å². The van der Waals surface area contributed by atoms with Gasteiger partial charge in [0.25, 0.3) is 5.91 Å². The first-order valence-corrected chi connectivity index (χ1v) is 9.19. The lowest BCUT2D eigenvalue weighted by Crippen LogP contribution is -2.29. The Kier molecular flexibility index (Phi) is 4.87. The van der Waals surface area contributed by atoms with Crippen LogP contribution in [0.4, 0.5) is 14.5 Å². The summed E-state index contributed by atoms with van der Waals surface area (Å²) in [6, 6.07) is 3.62. The first-order chi connectivity index (χ1) is 13.1. The standard InChI is InChI=1S/C19H21F2N5O/c20-13-6-3-7-15(17(13)21)26-11-22-10-16(26)14-9-23-18(25-14)19(27)24-8-12-4-1-2-5-12/h3,6-7,9,11-12,16H,1-2,4-5,8,10H2,(H,23,25)(H,24,27). The number of halogens is 2. The molecule has 0 radical (unpaired) electrons. The zero-order valence-electron chi connectivity index (χ0n) is 14.8. The summed E-state index contributed by atoms with van der Waals surface area (Å²) < 4.78 is 27.7. The fourth-order valence-corrected chi connectivity index (χ4v) is 3.72. The Balaban J connectivity index is 1.47. The molecule has 1 aromatic carbocycles. The maximum atomic E-state index is 14.2. The maximum absolute atomic E-state index is 14.2. The zero-order chi connectivity index (χ0) is 18.8. The molecule has 2 aliphatic rings. The summed E-state index contributed by atoms with van der Waals surface area (Å²) >= 11 is 0. The third kappa shape index (κ3) is 3.56. The molecular formula is C19H21F2N5O. The molecule has 1 unspecified atom stereocenters. The number of anilines is 1. The second-order valence-corrected chi connectivity index (χ2v) is 7.01. The number of hydrogen-bond donors (Lipinski definition) is 2. The highest BCUT2D eigenvalue weighted by Crippen LogP contribution is 2.31. The quantitative estimate of drug-likeness (QED) is 0.845. The molecule has 0 saturated heterocycles. The molecular weight excluding hydrogens is 352 g/mol. The van der Waals surface area contributed by atoms with Crippen molar-refractivity contribution < 1.29 is 13.6 Å². The van der Waals surface area contributed by atoms with Gasteiger partial charge < -0.3 is 15.2 Å².